The van der Waals surface area contributed by atoms with Gasteiger partial charge >= 0.3 is 0 Å². The molecule has 1 aromatic carbocycles. The summed E-state index contributed by atoms with van der Waals surface area (Å²) in [6.45, 7) is 0. The van der Waals surface area contributed by atoms with Gasteiger partial charge in [0.15, 0.2) is 11.5 Å². The molecule has 6 heteroatoms. The monoisotopic (exact) mass is 365 g/mol. The van der Waals surface area contributed by atoms with Gasteiger partial charge in [0.2, 0.25) is 0 Å². The maximum atomic E-state index is 11.9. The summed E-state index contributed by atoms with van der Waals surface area (Å²) in [6.07, 6.45) is 10.9. The number of hydrogen-bond acceptors (Lipinski definition) is 5. The Morgan fingerprint density at radius 3 is 2.67 bits per heavy atom. The van der Waals surface area contributed by atoms with Crippen LogP contribution >= 0.6 is 0 Å². The fourth-order valence-electron chi connectivity index (χ4n) is 4.26. The number of amides is 1. The minimum atomic E-state index is -0.557. The van der Waals surface area contributed by atoms with Crippen LogP contribution in [0.4, 0.5) is 11.6 Å². The van der Waals surface area contributed by atoms with Crippen molar-refractivity contribution in [2.24, 2.45) is 5.73 Å². The Hall–Kier alpha value is -2.63. The van der Waals surface area contributed by atoms with Crippen LogP contribution in [-0.4, -0.2) is 21.9 Å². The first-order valence-electron chi connectivity index (χ1n) is 9.98. The highest BCUT2D eigenvalue weighted by Gasteiger charge is 2.23. The predicted molar refractivity (Wildman–Crippen MR) is 107 cm³/mol. The second kappa shape index (κ2) is 7.94. The molecule has 1 aromatic heterocycles. The maximum Gasteiger partial charge on any atom is 0.271 e. The van der Waals surface area contributed by atoms with Crippen LogP contribution in [0.2, 0.25) is 0 Å². The molecule has 2 aromatic rings. The molecule has 1 amide bonds. The van der Waals surface area contributed by atoms with Crippen molar-refractivity contribution >= 4 is 17.5 Å². The highest BCUT2D eigenvalue weighted by molar-refractivity contribution is 5.95. The zero-order valence-electron chi connectivity index (χ0n) is 15.6. The second-order valence-electron chi connectivity index (χ2n) is 7.58. The fourth-order valence-corrected chi connectivity index (χ4v) is 4.26. The highest BCUT2D eigenvalue weighted by atomic mass is 16.1. The molecule has 0 bridgehead atoms. The summed E-state index contributed by atoms with van der Waals surface area (Å²) in [6, 6.07) is 8.99. The van der Waals surface area contributed by atoms with Crippen molar-refractivity contribution in [3.8, 4) is 0 Å². The second-order valence-corrected chi connectivity index (χ2v) is 7.58. The number of carbonyl (C=O) groups excluding carboxylic acids is 1. The lowest BCUT2D eigenvalue weighted by molar-refractivity contribution is 0.0996. The number of hydrogen-bond donors (Lipinski definition) is 3. The van der Waals surface area contributed by atoms with Gasteiger partial charge in [0.1, 0.15) is 5.82 Å². The van der Waals surface area contributed by atoms with E-state index in [9.17, 15) is 4.79 Å². The summed E-state index contributed by atoms with van der Waals surface area (Å²) in [5.41, 5.74) is 8.37. The smallest absolute Gasteiger partial charge is 0.271 e. The number of benzene rings is 1. The van der Waals surface area contributed by atoms with E-state index in [4.69, 9.17) is 5.73 Å². The van der Waals surface area contributed by atoms with Gasteiger partial charge in [-0.15, -0.1) is 0 Å². The normalized spacial score (nSPS) is 19.9. The third kappa shape index (κ3) is 4.04. The van der Waals surface area contributed by atoms with Gasteiger partial charge in [-0.25, -0.2) is 9.97 Å². The van der Waals surface area contributed by atoms with Gasteiger partial charge in [-0.1, -0.05) is 43.5 Å². The Balaban J connectivity index is 1.58. The molecule has 1 unspecified atom stereocenters. The minimum Gasteiger partial charge on any atom is -0.366 e. The molecular weight excluding hydrogens is 338 g/mol. The molecule has 142 valence electrons. The molecule has 0 spiro atoms. The zero-order valence-corrected chi connectivity index (χ0v) is 15.6. The molecule has 2 aliphatic carbocycles. The SMILES string of the molecule is NC(=O)c1ncc(NC2CCCCC2)nc1NC1CCCc2ccccc21. The van der Waals surface area contributed by atoms with Crippen LogP contribution in [0.1, 0.15) is 72.6 Å². The van der Waals surface area contributed by atoms with E-state index in [1.807, 2.05) is 0 Å². The van der Waals surface area contributed by atoms with E-state index in [1.54, 1.807) is 6.20 Å². The van der Waals surface area contributed by atoms with E-state index in [-0.39, 0.29) is 11.7 Å². The van der Waals surface area contributed by atoms with Crippen molar-refractivity contribution in [2.45, 2.75) is 63.5 Å². The van der Waals surface area contributed by atoms with Crippen LogP contribution in [0.25, 0.3) is 0 Å². The van der Waals surface area contributed by atoms with E-state index in [0.29, 0.717) is 17.7 Å². The van der Waals surface area contributed by atoms with Crippen molar-refractivity contribution in [2.75, 3.05) is 10.6 Å². The number of nitrogens with zero attached hydrogens (tertiary/aromatic N) is 2. The molecule has 0 aliphatic heterocycles. The number of fused-ring (bicyclic) bond motifs is 1. The molecule has 4 N–H and O–H groups in total. The van der Waals surface area contributed by atoms with Crippen molar-refractivity contribution in [1.29, 1.82) is 0 Å². The van der Waals surface area contributed by atoms with Gasteiger partial charge in [0.25, 0.3) is 5.91 Å². The van der Waals surface area contributed by atoms with Crippen LogP contribution in [0, 0.1) is 0 Å². The number of aryl methyl sites for hydroxylation is 1. The third-order valence-electron chi connectivity index (χ3n) is 5.64. The van der Waals surface area contributed by atoms with Crippen LogP contribution in [0.15, 0.2) is 30.5 Å². The summed E-state index contributed by atoms with van der Waals surface area (Å²) in [7, 11) is 0. The molecule has 0 saturated heterocycles. The average Bonchev–Trinajstić information content (AvgIpc) is 2.69. The molecule has 1 atom stereocenters. The first kappa shape index (κ1) is 17.8. The summed E-state index contributed by atoms with van der Waals surface area (Å²) in [4.78, 5) is 20.8. The van der Waals surface area contributed by atoms with Gasteiger partial charge < -0.3 is 16.4 Å². The molecule has 1 heterocycles. The Labute approximate surface area is 160 Å². The van der Waals surface area contributed by atoms with E-state index < -0.39 is 5.91 Å². The predicted octanol–water partition coefficient (Wildman–Crippen LogP) is 3.81. The maximum absolute atomic E-state index is 11.9. The molecule has 6 nitrogen and oxygen atoms in total. The average molecular weight is 365 g/mol. The number of primary amides is 1. The third-order valence-corrected chi connectivity index (χ3v) is 5.64. The minimum absolute atomic E-state index is 0.118. The number of nitrogens with one attached hydrogen (secondary N) is 2. The molecule has 27 heavy (non-hydrogen) atoms. The van der Waals surface area contributed by atoms with Gasteiger partial charge in [-0.2, -0.15) is 0 Å². The summed E-state index contributed by atoms with van der Waals surface area (Å²) >= 11 is 0. The van der Waals surface area contributed by atoms with Crippen molar-refractivity contribution in [1.82, 2.24) is 9.97 Å². The lowest BCUT2D eigenvalue weighted by Crippen LogP contribution is -2.25. The fraction of sp³-hybridized carbons (Fsp3) is 0.476. The number of carbonyl (C=O) groups is 1. The summed E-state index contributed by atoms with van der Waals surface area (Å²) in [5, 5.41) is 6.93. The first-order valence-corrected chi connectivity index (χ1v) is 9.98. The topological polar surface area (TPSA) is 92.9 Å². The number of nitrogens with two attached hydrogens (primary N) is 1. The standard InChI is InChI=1S/C21H27N5O/c22-20(27)19-21(25-17-12-6-8-14-7-4-5-11-16(14)17)26-18(13-23-19)24-15-9-2-1-3-10-15/h4-5,7,11,13,15,17H,1-3,6,8-10,12H2,(H2,22,27)(H2,24,25,26). The molecule has 2 aliphatic rings. The largest absolute Gasteiger partial charge is 0.366 e. The number of anilines is 2. The Morgan fingerprint density at radius 1 is 1.04 bits per heavy atom. The molecule has 1 fully saturated rings. The quantitative estimate of drug-likeness (QED) is 0.749. The van der Waals surface area contributed by atoms with E-state index >= 15 is 0 Å². The lowest BCUT2D eigenvalue weighted by Gasteiger charge is -2.28. The number of rotatable bonds is 5. The van der Waals surface area contributed by atoms with Gasteiger partial charge in [-0.3, -0.25) is 4.79 Å². The van der Waals surface area contributed by atoms with Crippen molar-refractivity contribution < 1.29 is 4.79 Å². The van der Waals surface area contributed by atoms with Crippen LogP contribution < -0.4 is 16.4 Å². The molecule has 4 rings (SSSR count). The lowest BCUT2D eigenvalue weighted by atomic mass is 9.88. The Morgan fingerprint density at radius 2 is 1.85 bits per heavy atom. The van der Waals surface area contributed by atoms with Crippen LogP contribution in [0.5, 0.6) is 0 Å². The zero-order chi connectivity index (χ0) is 18.6. The van der Waals surface area contributed by atoms with Gasteiger partial charge in [-0.05, 0) is 43.2 Å². The van der Waals surface area contributed by atoms with Crippen LogP contribution in [-0.2, 0) is 6.42 Å². The van der Waals surface area contributed by atoms with Crippen LogP contribution in [0.3, 0.4) is 0 Å². The van der Waals surface area contributed by atoms with E-state index in [2.05, 4.69) is 44.9 Å². The van der Waals surface area contributed by atoms with Gasteiger partial charge in [0, 0.05) is 6.04 Å². The van der Waals surface area contributed by atoms with E-state index in [0.717, 1.165) is 32.1 Å². The molecule has 1 saturated carbocycles. The molecular formula is C21H27N5O. The summed E-state index contributed by atoms with van der Waals surface area (Å²) < 4.78 is 0. The summed E-state index contributed by atoms with van der Waals surface area (Å²) in [5.74, 6) is 0.627. The Bertz CT molecular complexity index is 816. The first-order chi connectivity index (χ1) is 13.2. The van der Waals surface area contributed by atoms with Gasteiger partial charge in [0.05, 0.1) is 12.2 Å². The van der Waals surface area contributed by atoms with Crippen molar-refractivity contribution in [3.05, 3.63) is 47.3 Å². The highest BCUT2D eigenvalue weighted by Crippen LogP contribution is 2.33. The molecule has 0 radical (unpaired) electrons. The van der Waals surface area contributed by atoms with Crippen molar-refractivity contribution in [3.63, 3.8) is 0 Å². The number of aromatic nitrogens is 2. The van der Waals surface area contributed by atoms with E-state index in [1.165, 1.54) is 30.4 Å². The Kier molecular flexibility index (Phi) is 5.23.